The third-order valence-corrected chi connectivity index (χ3v) is 5.11. The van der Waals surface area contributed by atoms with E-state index in [2.05, 4.69) is 49.5 Å². The largest absolute Gasteiger partial charge is 0.362 e. The van der Waals surface area contributed by atoms with Crippen molar-refractivity contribution in [2.75, 3.05) is 20.1 Å². The predicted octanol–water partition coefficient (Wildman–Crippen LogP) is 2.37. The van der Waals surface area contributed by atoms with E-state index in [-0.39, 0.29) is 0 Å². The number of rotatable bonds is 2. The van der Waals surface area contributed by atoms with Crippen molar-refractivity contribution in [2.24, 2.45) is 10.4 Å². The van der Waals surface area contributed by atoms with Crippen molar-refractivity contribution in [3.8, 4) is 0 Å². The molecule has 102 valence electrons. The normalized spacial score (nSPS) is 40.1. The first-order valence-electron chi connectivity index (χ1n) is 7.36. The number of aliphatic imine (C=N–C) groups is 1. The van der Waals surface area contributed by atoms with E-state index in [1.165, 1.54) is 25.1 Å². The van der Waals surface area contributed by atoms with E-state index in [0.717, 1.165) is 25.2 Å². The van der Waals surface area contributed by atoms with Gasteiger partial charge < -0.3 is 4.90 Å². The van der Waals surface area contributed by atoms with Crippen LogP contribution in [0.2, 0.25) is 0 Å². The van der Waals surface area contributed by atoms with Crippen molar-refractivity contribution in [3.05, 3.63) is 0 Å². The molecule has 1 saturated carbocycles. The van der Waals surface area contributed by atoms with Crippen LogP contribution in [0.15, 0.2) is 4.99 Å². The van der Waals surface area contributed by atoms with Crippen LogP contribution in [0.25, 0.3) is 0 Å². The van der Waals surface area contributed by atoms with Gasteiger partial charge in [0.15, 0.2) is 0 Å². The van der Waals surface area contributed by atoms with Crippen LogP contribution < -0.4 is 0 Å². The Morgan fingerprint density at radius 1 is 1.33 bits per heavy atom. The number of hydrogen-bond donors (Lipinski definition) is 0. The summed E-state index contributed by atoms with van der Waals surface area (Å²) in [7, 11) is 2.19. The van der Waals surface area contributed by atoms with E-state index in [4.69, 9.17) is 0 Å². The van der Waals surface area contributed by atoms with Gasteiger partial charge in [0.05, 0.1) is 12.4 Å². The van der Waals surface area contributed by atoms with Gasteiger partial charge in [0.25, 0.3) is 0 Å². The lowest BCUT2D eigenvalue weighted by Crippen LogP contribution is -2.45. The van der Waals surface area contributed by atoms with Crippen LogP contribution in [-0.2, 0) is 0 Å². The maximum absolute atomic E-state index is 4.69. The average Bonchev–Trinajstić information content (AvgIpc) is 2.59. The van der Waals surface area contributed by atoms with Crippen LogP contribution in [0.5, 0.6) is 0 Å². The van der Waals surface area contributed by atoms with Crippen LogP contribution in [0.1, 0.15) is 47.0 Å². The van der Waals surface area contributed by atoms with Crippen LogP contribution in [-0.4, -0.2) is 53.4 Å². The molecule has 3 rings (SSSR count). The number of fused-ring (bicyclic) bond motifs is 1. The predicted molar refractivity (Wildman–Crippen MR) is 76.1 cm³/mol. The summed E-state index contributed by atoms with van der Waals surface area (Å²) in [6.45, 7) is 11.6. The first-order valence-corrected chi connectivity index (χ1v) is 7.36. The first-order chi connectivity index (χ1) is 8.33. The van der Waals surface area contributed by atoms with E-state index in [0.29, 0.717) is 11.0 Å². The summed E-state index contributed by atoms with van der Waals surface area (Å²) in [5.41, 5.74) is 0.871. The van der Waals surface area contributed by atoms with Gasteiger partial charge in [-0.3, -0.25) is 9.89 Å². The zero-order valence-corrected chi connectivity index (χ0v) is 12.5. The summed E-state index contributed by atoms with van der Waals surface area (Å²) in [6.07, 6.45) is 3.97. The summed E-state index contributed by atoms with van der Waals surface area (Å²) >= 11 is 0. The molecule has 1 aliphatic carbocycles. The van der Waals surface area contributed by atoms with Crippen molar-refractivity contribution in [2.45, 2.75) is 64.6 Å². The van der Waals surface area contributed by atoms with Crippen molar-refractivity contribution in [1.82, 2.24) is 9.80 Å². The zero-order chi connectivity index (χ0) is 13.1. The number of hydrogen-bond acceptors (Lipinski definition) is 3. The molecule has 0 N–H and O–H groups in total. The van der Waals surface area contributed by atoms with Gasteiger partial charge in [-0.15, -0.1) is 0 Å². The monoisotopic (exact) mass is 249 g/mol. The fourth-order valence-electron chi connectivity index (χ4n) is 4.41. The number of likely N-dealkylation sites (tertiary alicyclic amines) is 1. The van der Waals surface area contributed by atoms with Crippen LogP contribution in [0.4, 0.5) is 0 Å². The Labute approximate surface area is 111 Å². The lowest BCUT2D eigenvalue weighted by atomic mass is 9.95. The molecular formula is C15H27N3. The zero-order valence-electron chi connectivity index (χ0n) is 12.5. The highest BCUT2D eigenvalue weighted by molar-refractivity contribution is 5.84. The molecule has 0 spiro atoms. The molecule has 2 aliphatic heterocycles. The van der Waals surface area contributed by atoms with E-state index in [1.807, 2.05) is 0 Å². The summed E-state index contributed by atoms with van der Waals surface area (Å²) < 4.78 is 0. The highest BCUT2D eigenvalue weighted by atomic mass is 15.3. The van der Waals surface area contributed by atoms with E-state index < -0.39 is 0 Å². The third kappa shape index (κ3) is 1.78. The highest BCUT2D eigenvalue weighted by Crippen LogP contribution is 2.63. The lowest BCUT2D eigenvalue weighted by molar-refractivity contribution is 0.104. The van der Waals surface area contributed by atoms with Gasteiger partial charge in [-0.2, -0.15) is 0 Å². The van der Waals surface area contributed by atoms with Crippen LogP contribution >= 0.6 is 0 Å². The molecular weight excluding hydrogens is 222 g/mol. The summed E-state index contributed by atoms with van der Waals surface area (Å²) in [4.78, 5) is 9.80. The van der Waals surface area contributed by atoms with E-state index in [1.54, 1.807) is 0 Å². The first kappa shape index (κ1) is 12.5. The molecule has 0 bridgehead atoms. The Morgan fingerprint density at radius 2 is 2.06 bits per heavy atom. The quantitative estimate of drug-likeness (QED) is 0.748. The second-order valence-electron chi connectivity index (χ2n) is 7.61. The van der Waals surface area contributed by atoms with Gasteiger partial charge >= 0.3 is 0 Å². The number of nitrogens with zero attached hydrogens (tertiary/aromatic N) is 3. The molecule has 0 amide bonds. The minimum absolute atomic E-state index is 0.311. The Bertz CT molecular complexity index is 382. The van der Waals surface area contributed by atoms with Crippen molar-refractivity contribution in [3.63, 3.8) is 0 Å². The van der Waals surface area contributed by atoms with E-state index in [9.17, 15) is 0 Å². The second-order valence-corrected chi connectivity index (χ2v) is 7.61. The highest BCUT2D eigenvalue weighted by Gasteiger charge is 2.65. The Morgan fingerprint density at radius 3 is 2.56 bits per heavy atom. The SMILES string of the molecule is C[C@@H]1C[C@@]2(CC3=NCCN3C)CC2N1C(C)(C)C. The van der Waals surface area contributed by atoms with Crippen LogP contribution in [0.3, 0.4) is 0 Å². The number of amidine groups is 1. The Hall–Kier alpha value is -0.570. The molecule has 0 aromatic rings. The Kier molecular flexibility index (Phi) is 2.58. The Balaban J connectivity index is 1.73. The molecule has 1 saturated heterocycles. The smallest absolute Gasteiger partial charge is 0.0993 e. The standard InChI is InChI=1S/C15H27N3/c1-11-8-15(10-13-16-6-7-17(13)5)9-12(15)18(11)14(2,3)4/h11-12H,6-10H2,1-5H3/t11-,12?,15+/m1/s1. The van der Waals surface area contributed by atoms with Crippen molar-refractivity contribution < 1.29 is 0 Å². The molecule has 0 aromatic carbocycles. The van der Waals surface area contributed by atoms with Gasteiger partial charge in [-0.05, 0) is 46.0 Å². The second kappa shape index (κ2) is 3.72. The molecule has 2 fully saturated rings. The molecule has 1 unspecified atom stereocenters. The van der Waals surface area contributed by atoms with Gasteiger partial charge in [0.1, 0.15) is 0 Å². The topological polar surface area (TPSA) is 18.8 Å². The molecule has 0 radical (unpaired) electrons. The third-order valence-electron chi connectivity index (χ3n) is 5.11. The molecule has 3 aliphatic rings. The molecule has 18 heavy (non-hydrogen) atoms. The van der Waals surface area contributed by atoms with Gasteiger partial charge in [-0.1, -0.05) is 0 Å². The fraction of sp³-hybridized carbons (Fsp3) is 0.933. The maximum Gasteiger partial charge on any atom is 0.0993 e. The number of piperidine rings is 1. The minimum atomic E-state index is 0.311. The van der Waals surface area contributed by atoms with Crippen LogP contribution in [0, 0.1) is 5.41 Å². The average molecular weight is 249 g/mol. The van der Waals surface area contributed by atoms with E-state index >= 15 is 0 Å². The van der Waals surface area contributed by atoms with Crippen molar-refractivity contribution in [1.29, 1.82) is 0 Å². The number of likely N-dealkylation sites (N-methyl/N-ethyl adjacent to an activating group) is 1. The molecule has 0 aromatic heterocycles. The molecule has 2 heterocycles. The molecule has 3 nitrogen and oxygen atoms in total. The van der Waals surface area contributed by atoms with Gasteiger partial charge in [0, 0.05) is 37.6 Å². The maximum atomic E-state index is 4.69. The summed E-state index contributed by atoms with van der Waals surface area (Å²) in [6, 6.07) is 1.54. The minimum Gasteiger partial charge on any atom is -0.362 e. The lowest BCUT2D eigenvalue weighted by Gasteiger charge is -2.37. The summed E-state index contributed by atoms with van der Waals surface area (Å²) in [5.74, 6) is 1.36. The molecule has 3 heteroatoms. The summed E-state index contributed by atoms with van der Waals surface area (Å²) in [5, 5.41) is 0. The fourth-order valence-corrected chi connectivity index (χ4v) is 4.41. The van der Waals surface area contributed by atoms with Gasteiger partial charge in [-0.25, -0.2) is 0 Å². The molecule has 3 atom stereocenters. The van der Waals surface area contributed by atoms with Gasteiger partial charge in [0.2, 0.25) is 0 Å². The van der Waals surface area contributed by atoms with Crippen molar-refractivity contribution >= 4 is 5.84 Å².